The van der Waals surface area contributed by atoms with Crippen molar-refractivity contribution in [2.24, 2.45) is 0 Å². The minimum atomic E-state index is -0.469. The van der Waals surface area contributed by atoms with E-state index >= 15 is 0 Å². The molecule has 0 aliphatic carbocycles. The number of carbonyl (C=O) groups excluding carboxylic acids is 2. The first-order chi connectivity index (χ1) is 11.7. The standard InChI is InChI=1S/C20H22BrNO3/c1-11-12(2)14(4)19(15(5)13(11)3)20(24)25-10-18(23)22-17-9-7-6-8-16(17)21/h6-9H,10H2,1-5H3,(H,22,23). The van der Waals surface area contributed by atoms with E-state index in [4.69, 9.17) is 4.74 Å². The zero-order valence-electron chi connectivity index (χ0n) is 15.1. The van der Waals surface area contributed by atoms with Crippen LogP contribution in [0.1, 0.15) is 38.2 Å². The molecule has 0 aromatic heterocycles. The van der Waals surface area contributed by atoms with Crippen LogP contribution in [0.4, 0.5) is 5.69 Å². The normalized spacial score (nSPS) is 10.5. The van der Waals surface area contributed by atoms with E-state index < -0.39 is 5.97 Å². The lowest BCUT2D eigenvalue weighted by Gasteiger charge is -2.17. The SMILES string of the molecule is Cc1c(C)c(C)c(C(=O)OCC(=O)Nc2ccccc2Br)c(C)c1C. The number of hydrogen-bond acceptors (Lipinski definition) is 3. The molecule has 2 aromatic carbocycles. The highest BCUT2D eigenvalue weighted by atomic mass is 79.9. The fourth-order valence-corrected chi connectivity index (χ4v) is 3.14. The van der Waals surface area contributed by atoms with Gasteiger partial charge in [-0.25, -0.2) is 4.79 Å². The minimum Gasteiger partial charge on any atom is -0.452 e. The van der Waals surface area contributed by atoms with Gasteiger partial charge in [0.2, 0.25) is 0 Å². The Morgan fingerprint density at radius 3 is 2.00 bits per heavy atom. The van der Waals surface area contributed by atoms with Gasteiger partial charge >= 0.3 is 5.97 Å². The summed E-state index contributed by atoms with van der Waals surface area (Å²) in [5, 5.41) is 2.72. The average Bonchev–Trinajstić information content (AvgIpc) is 2.58. The number of esters is 1. The number of halogens is 1. The third-order valence-corrected chi connectivity index (χ3v) is 5.38. The van der Waals surface area contributed by atoms with Crippen LogP contribution in [-0.4, -0.2) is 18.5 Å². The number of ether oxygens (including phenoxy) is 1. The first-order valence-electron chi connectivity index (χ1n) is 8.02. The lowest BCUT2D eigenvalue weighted by Crippen LogP contribution is -2.22. The molecule has 1 amide bonds. The molecule has 0 spiro atoms. The molecule has 0 aliphatic heterocycles. The average molecular weight is 404 g/mol. The van der Waals surface area contributed by atoms with Crippen molar-refractivity contribution < 1.29 is 14.3 Å². The molecule has 5 heteroatoms. The summed E-state index contributed by atoms with van der Waals surface area (Å²) in [6.45, 7) is 9.52. The minimum absolute atomic E-state index is 0.328. The summed E-state index contributed by atoms with van der Waals surface area (Å²) in [6.07, 6.45) is 0. The van der Waals surface area contributed by atoms with Gasteiger partial charge in [-0.15, -0.1) is 0 Å². The number of anilines is 1. The second-order valence-corrected chi connectivity index (χ2v) is 6.96. The van der Waals surface area contributed by atoms with Crippen molar-refractivity contribution in [3.63, 3.8) is 0 Å². The lowest BCUT2D eigenvalue weighted by atomic mass is 9.90. The van der Waals surface area contributed by atoms with Gasteiger partial charge in [-0.2, -0.15) is 0 Å². The summed E-state index contributed by atoms with van der Waals surface area (Å²) in [5.74, 6) is -0.848. The molecule has 0 heterocycles. The zero-order valence-corrected chi connectivity index (χ0v) is 16.7. The van der Waals surface area contributed by atoms with E-state index in [0.717, 1.165) is 26.7 Å². The van der Waals surface area contributed by atoms with Gasteiger partial charge in [0.15, 0.2) is 6.61 Å². The van der Waals surface area contributed by atoms with Gasteiger partial charge in [0.05, 0.1) is 11.3 Å². The quantitative estimate of drug-likeness (QED) is 0.746. The highest BCUT2D eigenvalue weighted by Gasteiger charge is 2.20. The van der Waals surface area contributed by atoms with Crippen LogP contribution in [-0.2, 0) is 9.53 Å². The van der Waals surface area contributed by atoms with Crippen LogP contribution in [0.15, 0.2) is 28.7 Å². The van der Waals surface area contributed by atoms with Crippen LogP contribution >= 0.6 is 15.9 Å². The topological polar surface area (TPSA) is 55.4 Å². The Bertz CT molecular complexity index is 814. The Morgan fingerprint density at radius 1 is 0.920 bits per heavy atom. The Morgan fingerprint density at radius 2 is 1.44 bits per heavy atom. The highest BCUT2D eigenvalue weighted by Crippen LogP contribution is 2.26. The van der Waals surface area contributed by atoms with E-state index in [1.165, 1.54) is 5.56 Å². The van der Waals surface area contributed by atoms with Gasteiger partial charge in [-0.3, -0.25) is 4.79 Å². The van der Waals surface area contributed by atoms with Crippen LogP contribution in [0.25, 0.3) is 0 Å². The Hall–Kier alpha value is -2.14. The molecule has 25 heavy (non-hydrogen) atoms. The third kappa shape index (κ3) is 4.10. The van der Waals surface area contributed by atoms with Crippen molar-refractivity contribution in [1.29, 1.82) is 0 Å². The summed E-state index contributed by atoms with van der Waals surface area (Å²) < 4.78 is 6.02. The fraction of sp³-hybridized carbons (Fsp3) is 0.300. The molecule has 4 nitrogen and oxygen atoms in total. The predicted octanol–water partition coefficient (Wildman–Crippen LogP) is 4.79. The molecule has 0 atom stereocenters. The number of amides is 1. The molecule has 2 aromatic rings. The molecule has 0 bridgehead atoms. The Kier molecular flexibility index (Phi) is 6.01. The molecule has 132 valence electrons. The molecule has 1 N–H and O–H groups in total. The number of nitrogens with one attached hydrogen (secondary N) is 1. The van der Waals surface area contributed by atoms with Crippen LogP contribution in [0.2, 0.25) is 0 Å². The van der Waals surface area contributed by atoms with E-state index in [1.54, 1.807) is 6.07 Å². The molecule has 2 rings (SSSR count). The largest absolute Gasteiger partial charge is 0.452 e. The number of rotatable bonds is 4. The maximum absolute atomic E-state index is 12.5. The number of carbonyl (C=O) groups is 2. The predicted molar refractivity (Wildman–Crippen MR) is 103 cm³/mol. The first-order valence-corrected chi connectivity index (χ1v) is 8.81. The number of para-hydroxylation sites is 1. The van der Waals surface area contributed by atoms with Gasteiger partial charge in [0, 0.05) is 4.47 Å². The Balaban J connectivity index is 2.11. The van der Waals surface area contributed by atoms with E-state index in [-0.39, 0.29) is 12.5 Å². The highest BCUT2D eigenvalue weighted by molar-refractivity contribution is 9.10. The first kappa shape index (κ1) is 19.2. The van der Waals surface area contributed by atoms with Gasteiger partial charge in [0.1, 0.15) is 0 Å². The summed E-state index contributed by atoms with van der Waals surface area (Å²) >= 11 is 3.36. The molecule has 0 fully saturated rings. The molecular formula is C20H22BrNO3. The molecule has 0 radical (unpaired) electrons. The van der Waals surface area contributed by atoms with Crippen LogP contribution in [0.3, 0.4) is 0 Å². The number of hydrogen-bond donors (Lipinski definition) is 1. The Labute approximate surface area is 156 Å². The summed E-state index contributed by atoms with van der Waals surface area (Å²) in [5.41, 5.74) is 6.32. The van der Waals surface area contributed by atoms with Crippen molar-refractivity contribution in [2.45, 2.75) is 34.6 Å². The van der Waals surface area contributed by atoms with Gasteiger partial charge in [-0.1, -0.05) is 12.1 Å². The van der Waals surface area contributed by atoms with Crippen molar-refractivity contribution >= 4 is 33.5 Å². The molecule has 0 aliphatic rings. The summed E-state index contributed by atoms with van der Waals surface area (Å²) in [6, 6.07) is 7.27. The van der Waals surface area contributed by atoms with Crippen molar-refractivity contribution in [3.8, 4) is 0 Å². The van der Waals surface area contributed by atoms with E-state index in [9.17, 15) is 9.59 Å². The van der Waals surface area contributed by atoms with Crippen molar-refractivity contribution in [1.82, 2.24) is 0 Å². The monoisotopic (exact) mass is 403 g/mol. The van der Waals surface area contributed by atoms with Crippen molar-refractivity contribution in [2.75, 3.05) is 11.9 Å². The second kappa shape index (κ2) is 7.83. The van der Waals surface area contributed by atoms with Crippen LogP contribution in [0.5, 0.6) is 0 Å². The van der Waals surface area contributed by atoms with Crippen LogP contribution < -0.4 is 5.32 Å². The molecule has 0 saturated carbocycles. The van der Waals surface area contributed by atoms with E-state index in [2.05, 4.69) is 21.2 Å². The summed E-state index contributed by atoms with van der Waals surface area (Å²) in [4.78, 5) is 24.6. The second-order valence-electron chi connectivity index (χ2n) is 6.10. The molecular weight excluding hydrogens is 382 g/mol. The lowest BCUT2D eigenvalue weighted by molar-refractivity contribution is -0.119. The smallest absolute Gasteiger partial charge is 0.339 e. The van der Waals surface area contributed by atoms with Gasteiger partial charge < -0.3 is 10.1 Å². The maximum atomic E-state index is 12.5. The third-order valence-electron chi connectivity index (χ3n) is 4.69. The van der Waals surface area contributed by atoms with Crippen molar-refractivity contribution in [3.05, 3.63) is 62.1 Å². The molecule has 0 unspecified atom stereocenters. The van der Waals surface area contributed by atoms with Crippen LogP contribution in [0, 0.1) is 34.6 Å². The number of benzene rings is 2. The van der Waals surface area contributed by atoms with E-state index in [1.807, 2.05) is 52.8 Å². The summed E-state index contributed by atoms with van der Waals surface area (Å²) in [7, 11) is 0. The zero-order chi connectivity index (χ0) is 18.7. The van der Waals surface area contributed by atoms with Gasteiger partial charge in [0.25, 0.3) is 5.91 Å². The van der Waals surface area contributed by atoms with Gasteiger partial charge in [-0.05, 0) is 90.5 Å². The molecule has 0 saturated heterocycles. The van der Waals surface area contributed by atoms with E-state index in [0.29, 0.717) is 11.3 Å². The maximum Gasteiger partial charge on any atom is 0.339 e. The fourth-order valence-electron chi connectivity index (χ4n) is 2.76.